The van der Waals surface area contributed by atoms with Gasteiger partial charge in [0.25, 0.3) is 0 Å². The maximum atomic E-state index is 9.99. The average molecular weight is 245 g/mol. The second-order valence-corrected chi connectivity index (χ2v) is 2.62. The van der Waals surface area contributed by atoms with Crippen LogP contribution in [0.5, 0.6) is 0 Å². The highest BCUT2D eigenvalue weighted by atomic mass is 79.9. The average Bonchev–Trinajstić information content (AvgIpc) is 1.69. The third kappa shape index (κ3) is 2.67. The zero-order valence-corrected chi connectivity index (χ0v) is 7.24. The van der Waals surface area contributed by atoms with E-state index in [1.807, 2.05) is 0 Å². The van der Waals surface area contributed by atoms with Crippen molar-refractivity contribution in [2.75, 3.05) is 10.7 Å². The molecule has 2 nitrogen and oxygen atoms in total. The van der Waals surface area contributed by atoms with Crippen molar-refractivity contribution in [2.45, 2.75) is 0 Å². The lowest BCUT2D eigenvalue weighted by Crippen LogP contribution is -2.33. The SMILES string of the molecule is O=C([O-])C(CBr)CBr. The topological polar surface area (TPSA) is 40.1 Å². The van der Waals surface area contributed by atoms with Gasteiger partial charge in [-0.15, -0.1) is 0 Å². The Kier molecular flexibility index (Phi) is 4.56. The molecule has 0 aliphatic heterocycles. The fourth-order valence-electron chi connectivity index (χ4n) is 0.167. The number of carbonyl (C=O) groups is 1. The molecule has 0 aromatic rings. The minimum atomic E-state index is -1.02. The molecule has 0 aromatic carbocycles. The highest BCUT2D eigenvalue weighted by Crippen LogP contribution is 2.02. The molecule has 0 unspecified atom stereocenters. The zero-order chi connectivity index (χ0) is 6.57. The van der Waals surface area contributed by atoms with Crippen molar-refractivity contribution in [2.24, 2.45) is 5.92 Å². The van der Waals surface area contributed by atoms with E-state index in [2.05, 4.69) is 31.9 Å². The molecule has 0 aliphatic rings. The summed E-state index contributed by atoms with van der Waals surface area (Å²) in [6.45, 7) is 0. The largest absolute Gasteiger partial charge is 0.550 e. The van der Waals surface area contributed by atoms with Gasteiger partial charge in [-0.25, -0.2) is 0 Å². The van der Waals surface area contributed by atoms with Gasteiger partial charge in [-0.2, -0.15) is 0 Å². The Labute approximate surface area is 64.5 Å². The van der Waals surface area contributed by atoms with Crippen molar-refractivity contribution in [1.29, 1.82) is 0 Å². The molecule has 0 saturated heterocycles. The van der Waals surface area contributed by atoms with Gasteiger partial charge in [-0.3, -0.25) is 0 Å². The van der Waals surface area contributed by atoms with Crippen LogP contribution in [-0.2, 0) is 4.79 Å². The van der Waals surface area contributed by atoms with Crippen molar-refractivity contribution in [3.63, 3.8) is 0 Å². The van der Waals surface area contributed by atoms with E-state index < -0.39 is 11.9 Å². The number of rotatable bonds is 3. The van der Waals surface area contributed by atoms with Crippen molar-refractivity contribution in [3.05, 3.63) is 0 Å². The van der Waals surface area contributed by atoms with Gasteiger partial charge in [0.05, 0.1) is 0 Å². The number of carboxylic acid groups (broad SMARTS) is 1. The molecule has 0 rings (SSSR count). The summed E-state index contributed by atoms with van der Waals surface area (Å²) in [6, 6.07) is 0. The van der Waals surface area contributed by atoms with Gasteiger partial charge in [0.1, 0.15) is 0 Å². The first-order valence-corrected chi connectivity index (χ1v) is 4.29. The van der Waals surface area contributed by atoms with Crippen LogP contribution in [-0.4, -0.2) is 16.6 Å². The Morgan fingerprint density at radius 2 is 1.88 bits per heavy atom. The minimum absolute atomic E-state index is 0.407. The first-order valence-electron chi connectivity index (χ1n) is 2.05. The summed E-state index contributed by atoms with van der Waals surface area (Å²) in [6.07, 6.45) is 0. The zero-order valence-electron chi connectivity index (χ0n) is 4.06. The lowest BCUT2D eigenvalue weighted by atomic mass is 10.2. The molecule has 0 heterocycles. The molecule has 0 aliphatic carbocycles. The van der Waals surface area contributed by atoms with Crippen LogP contribution in [0.2, 0.25) is 0 Å². The molecule has 4 heteroatoms. The summed E-state index contributed by atoms with van der Waals surface area (Å²) in [5, 5.41) is 10.9. The fraction of sp³-hybridized carbons (Fsp3) is 0.750. The van der Waals surface area contributed by atoms with E-state index in [1.165, 1.54) is 0 Å². The molecule has 0 aromatic heterocycles. The molecule has 0 saturated carbocycles. The van der Waals surface area contributed by atoms with Crippen molar-refractivity contribution >= 4 is 37.8 Å². The second kappa shape index (κ2) is 4.32. The lowest BCUT2D eigenvalue weighted by molar-refractivity contribution is -0.309. The molecule has 48 valence electrons. The first-order chi connectivity index (χ1) is 3.72. The number of carboxylic acids is 1. The fourth-order valence-corrected chi connectivity index (χ4v) is 1.77. The smallest absolute Gasteiger partial charge is 0.0462 e. The Morgan fingerprint density at radius 1 is 1.50 bits per heavy atom. The predicted octanol–water partition coefficient (Wildman–Crippen LogP) is 0.142. The van der Waals surface area contributed by atoms with Crippen LogP contribution in [0.1, 0.15) is 0 Å². The molecule has 0 bridgehead atoms. The quantitative estimate of drug-likeness (QED) is 0.663. The summed E-state index contributed by atoms with van der Waals surface area (Å²) in [5.74, 6) is -1.42. The van der Waals surface area contributed by atoms with E-state index in [0.29, 0.717) is 10.7 Å². The standard InChI is InChI=1S/C4H6Br2O2/c5-1-3(2-6)4(7)8/h3H,1-2H2,(H,7,8)/p-1. The molecular weight excluding hydrogens is 240 g/mol. The monoisotopic (exact) mass is 243 g/mol. The third-order valence-corrected chi connectivity index (χ3v) is 2.27. The Balaban J connectivity index is 3.52. The molecule has 0 amide bonds. The number of carbonyl (C=O) groups excluding carboxylic acids is 1. The second-order valence-electron chi connectivity index (χ2n) is 1.32. The maximum Gasteiger partial charge on any atom is 0.0462 e. The summed E-state index contributed by atoms with van der Waals surface area (Å²) >= 11 is 6.05. The van der Waals surface area contributed by atoms with Crippen LogP contribution in [0, 0.1) is 5.92 Å². The van der Waals surface area contributed by atoms with Crippen LogP contribution >= 0.6 is 31.9 Å². The van der Waals surface area contributed by atoms with Crippen molar-refractivity contribution in [3.8, 4) is 0 Å². The van der Waals surface area contributed by atoms with Crippen LogP contribution < -0.4 is 5.11 Å². The van der Waals surface area contributed by atoms with Gasteiger partial charge < -0.3 is 9.90 Å². The van der Waals surface area contributed by atoms with Gasteiger partial charge in [-0.05, 0) is 0 Å². The van der Waals surface area contributed by atoms with Crippen LogP contribution in [0.4, 0.5) is 0 Å². The molecule has 0 spiro atoms. The van der Waals surface area contributed by atoms with Gasteiger partial charge in [0, 0.05) is 22.5 Å². The Bertz CT molecular complexity index is 80.1. The highest BCUT2D eigenvalue weighted by molar-refractivity contribution is 9.09. The minimum Gasteiger partial charge on any atom is -0.550 e. The molecule has 0 radical (unpaired) electrons. The number of hydrogen-bond donors (Lipinski definition) is 0. The number of hydrogen-bond acceptors (Lipinski definition) is 2. The van der Waals surface area contributed by atoms with Crippen LogP contribution in [0.25, 0.3) is 0 Å². The van der Waals surface area contributed by atoms with E-state index in [-0.39, 0.29) is 0 Å². The van der Waals surface area contributed by atoms with Crippen molar-refractivity contribution in [1.82, 2.24) is 0 Å². The molecule has 8 heavy (non-hydrogen) atoms. The van der Waals surface area contributed by atoms with Gasteiger partial charge >= 0.3 is 0 Å². The Hall–Kier alpha value is 0.430. The van der Waals surface area contributed by atoms with Gasteiger partial charge in [0.15, 0.2) is 0 Å². The number of aliphatic carboxylic acids is 1. The molecule has 0 N–H and O–H groups in total. The Morgan fingerprint density at radius 3 is 1.88 bits per heavy atom. The first kappa shape index (κ1) is 8.43. The van der Waals surface area contributed by atoms with E-state index in [9.17, 15) is 9.90 Å². The van der Waals surface area contributed by atoms with Gasteiger partial charge in [-0.1, -0.05) is 31.9 Å². The van der Waals surface area contributed by atoms with E-state index >= 15 is 0 Å². The molecule has 0 atom stereocenters. The van der Waals surface area contributed by atoms with E-state index in [1.54, 1.807) is 0 Å². The third-order valence-electron chi connectivity index (χ3n) is 0.706. The highest BCUT2D eigenvalue weighted by Gasteiger charge is 2.03. The summed E-state index contributed by atoms with van der Waals surface area (Å²) < 4.78 is 0. The number of alkyl halides is 2. The van der Waals surface area contributed by atoms with Crippen LogP contribution in [0.15, 0.2) is 0 Å². The number of halogens is 2. The van der Waals surface area contributed by atoms with E-state index in [0.717, 1.165) is 0 Å². The van der Waals surface area contributed by atoms with Crippen LogP contribution in [0.3, 0.4) is 0 Å². The van der Waals surface area contributed by atoms with E-state index in [4.69, 9.17) is 0 Å². The summed E-state index contributed by atoms with van der Waals surface area (Å²) in [5.41, 5.74) is 0. The van der Waals surface area contributed by atoms with Gasteiger partial charge in [0.2, 0.25) is 0 Å². The normalized spacial score (nSPS) is 9.88. The summed E-state index contributed by atoms with van der Waals surface area (Å²) in [7, 11) is 0. The molecule has 0 fully saturated rings. The molecular formula is C4H5Br2O2-. The lowest BCUT2D eigenvalue weighted by Gasteiger charge is -2.09. The van der Waals surface area contributed by atoms with Crippen molar-refractivity contribution < 1.29 is 9.90 Å². The summed E-state index contributed by atoms with van der Waals surface area (Å²) in [4.78, 5) is 9.99. The predicted molar refractivity (Wildman–Crippen MR) is 36.1 cm³/mol. The maximum absolute atomic E-state index is 9.99.